The van der Waals surface area contributed by atoms with Crippen LogP contribution in [0.2, 0.25) is 0 Å². The fourth-order valence-corrected chi connectivity index (χ4v) is 5.35. The average molecular weight is 455 g/mol. The molecule has 0 amide bonds. The molecule has 2 saturated heterocycles. The number of benzene rings is 2. The summed E-state index contributed by atoms with van der Waals surface area (Å²) < 4.78 is 16.0. The van der Waals surface area contributed by atoms with Gasteiger partial charge in [0.05, 0.1) is 22.2 Å². The molecule has 0 saturated carbocycles. The van der Waals surface area contributed by atoms with Gasteiger partial charge < -0.3 is 15.3 Å². The minimum absolute atomic E-state index is 0.0135. The number of phenols is 1. The summed E-state index contributed by atoms with van der Waals surface area (Å²) in [5.41, 5.74) is 1.37. The van der Waals surface area contributed by atoms with E-state index in [1.54, 1.807) is 25.4 Å². The van der Waals surface area contributed by atoms with E-state index in [1.165, 1.54) is 22.8 Å². The van der Waals surface area contributed by atoms with Crippen LogP contribution in [-0.4, -0.2) is 44.8 Å². The number of nitrogens with zero attached hydrogens (tertiary/aromatic N) is 4. The number of halogens is 1. The molecule has 2 unspecified atom stereocenters. The fraction of sp³-hybridized carbons (Fsp3) is 0.269. The highest BCUT2D eigenvalue weighted by Gasteiger charge is 2.33. The SMILES string of the molecule is C#Cc1c(F)ccc2cc(O)cc(-c3cc4c(cn3)c(N3CC5CCC(C3)N5)nc(=O)n4C)c12. The first kappa shape index (κ1) is 20.6. The molecule has 8 heteroatoms. The molecule has 2 aromatic heterocycles. The Morgan fingerprint density at radius 2 is 1.97 bits per heavy atom. The zero-order valence-corrected chi connectivity index (χ0v) is 18.5. The van der Waals surface area contributed by atoms with Gasteiger partial charge in [0, 0.05) is 49.4 Å². The molecule has 7 nitrogen and oxygen atoms in total. The molecule has 0 radical (unpaired) electrons. The van der Waals surface area contributed by atoms with Crippen LogP contribution in [0.3, 0.4) is 0 Å². The molecule has 2 bridgehead atoms. The van der Waals surface area contributed by atoms with Gasteiger partial charge in [-0.15, -0.1) is 6.42 Å². The normalized spacial score (nSPS) is 19.6. The molecule has 0 aliphatic carbocycles. The van der Waals surface area contributed by atoms with Crippen LogP contribution in [0.25, 0.3) is 32.9 Å². The van der Waals surface area contributed by atoms with E-state index in [4.69, 9.17) is 6.42 Å². The predicted molar refractivity (Wildman–Crippen MR) is 129 cm³/mol. The van der Waals surface area contributed by atoms with E-state index in [-0.39, 0.29) is 17.0 Å². The van der Waals surface area contributed by atoms with Crippen LogP contribution in [0, 0.1) is 18.2 Å². The van der Waals surface area contributed by atoms with Gasteiger partial charge in [-0.25, -0.2) is 9.18 Å². The number of terminal acetylenes is 1. The lowest BCUT2D eigenvalue weighted by atomic mass is 9.96. The lowest BCUT2D eigenvalue weighted by Gasteiger charge is -2.34. The number of piperazine rings is 1. The highest BCUT2D eigenvalue weighted by atomic mass is 19.1. The predicted octanol–water partition coefficient (Wildman–Crippen LogP) is 2.92. The second-order valence-corrected chi connectivity index (χ2v) is 9.06. The Morgan fingerprint density at radius 3 is 2.71 bits per heavy atom. The number of hydrogen-bond acceptors (Lipinski definition) is 6. The van der Waals surface area contributed by atoms with Gasteiger partial charge in [-0.2, -0.15) is 4.98 Å². The number of aromatic hydroxyl groups is 1. The number of aromatic nitrogens is 3. The summed E-state index contributed by atoms with van der Waals surface area (Å²) in [6.07, 6.45) is 9.56. The van der Waals surface area contributed by atoms with Crippen molar-refractivity contribution in [2.45, 2.75) is 24.9 Å². The molecule has 0 spiro atoms. The number of rotatable bonds is 2. The number of aryl methyl sites for hydroxylation is 1. The Hall–Kier alpha value is -3.96. The van der Waals surface area contributed by atoms with Crippen molar-refractivity contribution in [3.05, 3.63) is 58.4 Å². The van der Waals surface area contributed by atoms with E-state index < -0.39 is 5.82 Å². The van der Waals surface area contributed by atoms with Gasteiger partial charge in [-0.05, 0) is 42.5 Å². The molecular formula is C26H22FN5O2. The Bertz CT molecular complexity index is 1580. The van der Waals surface area contributed by atoms with Crippen LogP contribution in [-0.2, 0) is 7.05 Å². The Labute approximate surface area is 194 Å². The first-order valence-corrected chi connectivity index (χ1v) is 11.2. The summed E-state index contributed by atoms with van der Waals surface area (Å²) in [6, 6.07) is 8.48. The molecule has 2 aliphatic rings. The summed E-state index contributed by atoms with van der Waals surface area (Å²) >= 11 is 0. The minimum atomic E-state index is -0.519. The average Bonchev–Trinajstić information content (AvgIpc) is 3.18. The van der Waals surface area contributed by atoms with Crippen molar-refractivity contribution in [1.29, 1.82) is 0 Å². The van der Waals surface area contributed by atoms with Gasteiger partial charge in [0.1, 0.15) is 17.4 Å². The van der Waals surface area contributed by atoms with Gasteiger partial charge in [-0.3, -0.25) is 9.55 Å². The second kappa shape index (κ2) is 7.54. The number of nitrogens with one attached hydrogen (secondary N) is 1. The molecule has 6 rings (SSSR count). The molecule has 170 valence electrons. The number of fused-ring (bicyclic) bond motifs is 4. The van der Waals surface area contributed by atoms with Crippen molar-refractivity contribution in [3.63, 3.8) is 0 Å². The Morgan fingerprint density at radius 1 is 1.21 bits per heavy atom. The first-order valence-electron chi connectivity index (χ1n) is 11.2. The first-order chi connectivity index (χ1) is 16.4. The summed E-state index contributed by atoms with van der Waals surface area (Å²) in [5, 5.41) is 15.8. The van der Waals surface area contributed by atoms with E-state index >= 15 is 0 Å². The van der Waals surface area contributed by atoms with Crippen LogP contribution in [0.15, 0.2) is 41.3 Å². The molecule has 2 aromatic carbocycles. The van der Waals surface area contributed by atoms with Crippen LogP contribution in [0.1, 0.15) is 18.4 Å². The summed E-state index contributed by atoms with van der Waals surface area (Å²) in [7, 11) is 1.67. The number of hydrogen-bond donors (Lipinski definition) is 2. The van der Waals surface area contributed by atoms with Crippen LogP contribution >= 0.6 is 0 Å². The van der Waals surface area contributed by atoms with Gasteiger partial charge in [-0.1, -0.05) is 12.0 Å². The molecule has 2 fully saturated rings. The van der Waals surface area contributed by atoms with Crippen molar-refractivity contribution in [3.8, 4) is 29.4 Å². The summed E-state index contributed by atoms with van der Waals surface area (Å²) in [5.74, 6) is 2.56. The van der Waals surface area contributed by atoms with E-state index in [0.717, 1.165) is 31.3 Å². The zero-order valence-electron chi connectivity index (χ0n) is 18.5. The third-order valence-corrected chi connectivity index (χ3v) is 6.96. The highest BCUT2D eigenvalue weighted by molar-refractivity contribution is 6.02. The third-order valence-electron chi connectivity index (χ3n) is 6.96. The number of anilines is 1. The monoisotopic (exact) mass is 455 g/mol. The van der Waals surface area contributed by atoms with Crippen molar-refractivity contribution >= 4 is 27.5 Å². The fourth-order valence-electron chi connectivity index (χ4n) is 5.35. The lowest BCUT2D eigenvalue weighted by Crippen LogP contribution is -2.51. The van der Waals surface area contributed by atoms with Gasteiger partial charge >= 0.3 is 5.69 Å². The lowest BCUT2D eigenvalue weighted by molar-refractivity contribution is 0.463. The summed E-state index contributed by atoms with van der Waals surface area (Å²) in [6.45, 7) is 1.57. The maximum Gasteiger partial charge on any atom is 0.349 e. The topological polar surface area (TPSA) is 83.3 Å². The Kier molecular flexibility index (Phi) is 4.57. The molecule has 2 N–H and O–H groups in total. The summed E-state index contributed by atoms with van der Waals surface area (Å²) in [4.78, 5) is 24.0. The third kappa shape index (κ3) is 3.12. The standard InChI is InChI=1S/C26H22FN5O2/c1-3-18-21(27)7-4-14-8-17(33)9-19(24(14)18)22-10-23-20(11-28-22)25(30-26(34)31(23)2)32-12-15-5-6-16(13-32)29-15/h1,4,7-11,15-16,29,33H,5-6,12-13H2,2H3. The van der Waals surface area contributed by atoms with Crippen molar-refractivity contribution in [2.24, 2.45) is 7.05 Å². The molecular weight excluding hydrogens is 433 g/mol. The van der Waals surface area contributed by atoms with Crippen LogP contribution in [0.4, 0.5) is 10.2 Å². The van der Waals surface area contributed by atoms with Crippen molar-refractivity contribution < 1.29 is 9.50 Å². The van der Waals surface area contributed by atoms with E-state index in [0.29, 0.717) is 45.4 Å². The van der Waals surface area contributed by atoms with Crippen LogP contribution in [0.5, 0.6) is 5.75 Å². The maximum atomic E-state index is 14.5. The minimum Gasteiger partial charge on any atom is -0.508 e. The highest BCUT2D eigenvalue weighted by Crippen LogP contribution is 2.36. The molecule has 2 aliphatic heterocycles. The molecule has 34 heavy (non-hydrogen) atoms. The van der Waals surface area contributed by atoms with Crippen molar-refractivity contribution in [1.82, 2.24) is 19.9 Å². The quantitative estimate of drug-likeness (QED) is 0.453. The molecule has 4 heterocycles. The second-order valence-electron chi connectivity index (χ2n) is 9.06. The van der Waals surface area contributed by atoms with E-state index in [2.05, 4.69) is 26.1 Å². The number of phenolic OH excluding ortho intramolecular Hbond substituents is 1. The largest absolute Gasteiger partial charge is 0.508 e. The smallest absolute Gasteiger partial charge is 0.349 e. The maximum absolute atomic E-state index is 14.5. The van der Waals surface area contributed by atoms with Gasteiger partial charge in [0.2, 0.25) is 0 Å². The van der Waals surface area contributed by atoms with Gasteiger partial charge in [0.25, 0.3) is 0 Å². The van der Waals surface area contributed by atoms with Gasteiger partial charge in [0.15, 0.2) is 0 Å². The molecule has 4 aromatic rings. The molecule has 2 atom stereocenters. The Balaban J connectivity index is 1.58. The van der Waals surface area contributed by atoms with Crippen molar-refractivity contribution in [2.75, 3.05) is 18.0 Å². The number of pyridine rings is 1. The zero-order chi connectivity index (χ0) is 23.6. The van der Waals surface area contributed by atoms with E-state index in [1.807, 2.05) is 0 Å². The van der Waals surface area contributed by atoms with E-state index in [9.17, 15) is 14.3 Å². The van der Waals surface area contributed by atoms with Crippen LogP contribution < -0.4 is 15.9 Å².